The van der Waals surface area contributed by atoms with E-state index >= 15 is 0 Å². The van der Waals surface area contributed by atoms with E-state index in [-0.39, 0.29) is 57.3 Å². The number of hydrogen-bond acceptors (Lipinski definition) is 8. The van der Waals surface area contributed by atoms with Gasteiger partial charge in [0, 0.05) is 38.5 Å². The van der Waals surface area contributed by atoms with Gasteiger partial charge in [0.25, 0.3) is 11.5 Å². The van der Waals surface area contributed by atoms with Gasteiger partial charge in [-0.25, -0.2) is 14.4 Å². The Balaban J connectivity index is 1.50. The number of pyridine rings is 1. The molecule has 3 aromatic heterocycles. The maximum absolute atomic E-state index is 14.6. The number of nitrogens with two attached hydrogens (primary N) is 1. The van der Waals surface area contributed by atoms with Crippen molar-refractivity contribution in [3.63, 3.8) is 0 Å². The van der Waals surface area contributed by atoms with Gasteiger partial charge in [0.05, 0.1) is 34.5 Å². The van der Waals surface area contributed by atoms with Crippen LogP contribution in [-0.2, 0) is 23.1 Å². The number of ether oxygens (including phenoxy) is 1. The third kappa shape index (κ3) is 5.24. The summed E-state index contributed by atoms with van der Waals surface area (Å²) in [6, 6.07) is 3.93. The molecule has 1 aliphatic rings. The minimum atomic E-state index is -1.31. The van der Waals surface area contributed by atoms with Gasteiger partial charge in [-0.05, 0) is 17.7 Å². The molecule has 0 spiro atoms. The molecule has 1 aromatic carbocycles. The number of amides is 2. The number of carbonyl (C=O) groups is 2. The Kier molecular flexibility index (Phi) is 7.79. The van der Waals surface area contributed by atoms with Gasteiger partial charge in [0.2, 0.25) is 11.9 Å². The average Bonchev–Trinajstić information content (AvgIpc) is 3.50. The monoisotopic (exact) mass is 621 g/mol. The van der Waals surface area contributed by atoms with Crippen LogP contribution < -0.4 is 21.5 Å². The van der Waals surface area contributed by atoms with Crippen LogP contribution in [0.15, 0.2) is 35.5 Å². The first-order valence-electron chi connectivity index (χ1n) is 12.3. The van der Waals surface area contributed by atoms with Gasteiger partial charge in [-0.15, -0.1) is 0 Å². The van der Waals surface area contributed by atoms with Gasteiger partial charge in [-0.3, -0.25) is 14.4 Å². The van der Waals surface area contributed by atoms with E-state index in [0.717, 1.165) is 0 Å². The summed E-state index contributed by atoms with van der Waals surface area (Å²) in [5, 5.41) is 12.1. The van der Waals surface area contributed by atoms with Crippen molar-refractivity contribution in [2.24, 2.45) is 12.8 Å². The molecule has 1 saturated heterocycles. The topological polar surface area (TPSA) is 158 Å². The first-order chi connectivity index (χ1) is 19.9. The maximum atomic E-state index is 14.6. The van der Waals surface area contributed by atoms with Gasteiger partial charge in [-0.2, -0.15) is 4.39 Å². The summed E-state index contributed by atoms with van der Waals surface area (Å²) < 4.78 is 36.5. The van der Waals surface area contributed by atoms with Crippen molar-refractivity contribution < 1.29 is 28.2 Å². The van der Waals surface area contributed by atoms with Gasteiger partial charge in [0.1, 0.15) is 41.1 Å². The molecule has 0 aliphatic carbocycles. The Morgan fingerprint density at radius 3 is 2.67 bits per heavy atom. The van der Waals surface area contributed by atoms with E-state index in [1.807, 2.05) is 0 Å². The molecule has 2 amide bonds. The molecular formula is C26H23Cl2F2N7O5. The second kappa shape index (κ2) is 11.2. The predicted octanol–water partition coefficient (Wildman–Crippen LogP) is 2.86. The molecule has 1 aliphatic heterocycles. The van der Waals surface area contributed by atoms with Crippen molar-refractivity contribution >= 4 is 57.6 Å². The van der Waals surface area contributed by atoms with Gasteiger partial charge in [-0.1, -0.05) is 23.2 Å². The largest absolute Gasteiger partial charge is 0.506 e. The van der Waals surface area contributed by atoms with E-state index in [2.05, 4.69) is 15.3 Å². The number of halogens is 4. The van der Waals surface area contributed by atoms with Crippen LogP contribution in [0.25, 0.3) is 22.2 Å². The number of aromatic nitrogens is 4. The fraction of sp³-hybridized carbons (Fsp3) is 0.269. The molecule has 12 nitrogen and oxygen atoms in total. The molecular weight excluding hydrogens is 599 g/mol. The van der Waals surface area contributed by atoms with Crippen LogP contribution in [0.2, 0.25) is 10.0 Å². The lowest BCUT2D eigenvalue weighted by Gasteiger charge is -2.18. The van der Waals surface area contributed by atoms with E-state index in [1.165, 1.54) is 58.9 Å². The lowest BCUT2D eigenvalue weighted by atomic mass is 10.0. The minimum Gasteiger partial charge on any atom is -0.506 e. The lowest BCUT2D eigenvalue weighted by Crippen LogP contribution is -2.24. The number of carbonyl (C=O) groups excluding carboxylic acids is 2. The highest BCUT2D eigenvalue weighted by atomic mass is 35.5. The molecule has 0 bridgehead atoms. The van der Waals surface area contributed by atoms with E-state index in [9.17, 15) is 28.3 Å². The van der Waals surface area contributed by atoms with Crippen LogP contribution in [0.4, 0.5) is 20.3 Å². The number of phenols is 1. The fourth-order valence-electron chi connectivity index (χ4n) is 4.77. The highest BCUT2D eigenvalue weighted by Gasteiger charge is 2.34. The number of primary amides is 1. The highest BCUT2D eigenvalue weighted by molar-refractivity contribution is 6.34. The molecule has 220 valence electrons. The van der Waals surface area contributed by atoms with Crippen LogP contribution in [0.3, 0.4) is 0 Å². The summed E-state index contributed by atoms with van der Waals surface area (Å²) in [5.74, 6) is -3.13. The number of benzene rings is 1. The molecule has 0 radical (unpaired) electrons. The quantitative estimate of drug-likeness (QED) is 0.266. The summed E-state index contributed by atoms with van der Waals surface area (Å²) in [4.78, 5) is 47.7. The van der Waals surface area contributed by atoms with Crippen molar-refractivity contribution in [1.29, 1.82) is 0 Å². The number of methoxy groups -OCH3 is 1. The third-order valence-corrected chi connectivity index (χ3v) is 7.54. The number of aryl methyl sites for hydroxylation is 1. The molecule has 4 N–H and O–H groups in total. The predicted molar refractivity (Wildman–Crippen MR) is 151 cm³/mol. The number of nitrogens with one attached hydrogen (secondary N) is 1. The van der Waals surface area contributed by atoms with E-state index in [4.69, 9.17) is 33.7 Å². The fourth-order valence-corrected chi connectivity index (χ4v) is 5.14. The van der Waals surface area contributed by atoms with Gasteiger partial charge in [0.15, 0.2) is 0 Å². The Hall–Kier alpha value is -4.27. The van der Waals surface area contributed by atoms with E-state index in [0.29, 0.717) is 0 Å². The Labute approximate surface area is 246 Å². The molecule has 0 saturated carbocycles. The SMILES string of the molecule is CO[C@@H]1CN(c2cc(NC(=O)Cn3cc(-c4cc(Cl)c(O)c(C(N)=O)c4)c4c(=O)n(C)cnc43)c(Cl)c(F)n2)C[C@@H]1F. The molecule has 0 unspecified atom stereocenters. The molecule has 4 aromatic rings. The van der Waals surface area contributed by atoms with Crippen LogP contribution in [0, 0.1) is 5.95 Å². The zero-order chi connectivity index (χ0) is 30.5. The smallest absolute Gasteiger partial charge is 0.263 e. The second-order valence-electron chi connectivity index (χ2n) is 9.62. The van der Waals surface area contributed by atoms with Crippen LogP contribution >= 0.6 is 23.2 Å². The van der Waals surface area contributed by atoms with E-state index in [1.54, 1.807) is 0 Å². The number of anilines is 2. The van der Waals surface area contributed by atoms with Crippen molar-refractivity contribution in [3.8, 4) is 16.9 Å². The maximum Gasteiger partial charge on any atom is 0.263 e. The molecule has 2 atom stereocenters. The van der Waals surface area contributed by atoms with Crippen LogP contribution in [-0.4, -0.2) is 68.5 Å². The van der Waals surface area contributed by atoms with Crippen LogP contribution in [0.5, 0.6) is 5.75 Å². The zero-order valence-corrected chi connectivity index (χ0v) is 23.6. The lowest BCUT2D eigenvalue weighted by molar-refractivity contribution is -0.116. The molecule has 42 heavy (non-hydrogen) atoms. The number of hydrogen-bond donors (Lipinski definition) is 3. The Morgan fingerprint density at radius 1 is 1.26 bits per heavy atom. The first-order valence-corrected chi connectivity index (χ1v) is 13.1. The molecule has 4 heterocycles. The average molecular weight is 622 g/mol. The number of alkyl halides is 1. The van der Waals surface area contributed by atoms with Gasteiger partial charge < -0.3 is 34.9 Å². The summed E-state index contributed by atoms with van der Waals surface area (Å²) >= 11 is 12.2. The number of aromatic hydroxyl groups is 1. The number of rotatable bonds is 7. The third-order valence-electron chi connectivity index (χ3n) is 6.89. The van der Waals surface area contributed by atoms with E-state index < -0.39 is 52.9 Å². The number of fused-ring (bicyclic) bond motifs is 1. The summed E-state index contributed by atoms with van der Waals surface area (Å²) in [7, 11) is 2.86. The Bertz CT molecular complexity index is 1810. The summed E-state index contributed by atoms with van der Waals surface area (Å²) in [6.45, 7) is -0.364. The molecule has 16 heteroatoms. The van der Waals surface area contributed by atoms with Crippen LogP contribution in [0.1, 0.15) is 10.4 Å². The highest BCUT2D eigenvalue weighted by Crippen LogP contribution is 2.36. The van der Waals surface area contributed by atoms with Crippen molar-refractivity contribution in [2.45, 2.75) is 18.8 Å². The van der Waals surface area contributed by atoms with Gasteiger partial charge >= 0.3 is 0 Å². The summed E-state index contributed by atoms with van der Waals surface area (Å²) in [5.41, 5.74) is 5.18. The standard InChI is InChI=1S/C26H23Cl2F2N7O5/c1-35-10-32-25-20(26(35)41)13(11-3-12(24(31)40)22(39)14(27)4-11)6-37(25)9-19(38)33-16-5-18(34-23(30)21(16)28)36-7-15(29)17(8-36)42-2/h3-6,10,15,17,39H,7-9H2,1-2H3,(H2,31,40)(H,33,34,38)/t15-,17+/m0/s1. The summed E-state index contributed by atoms with van der Waals surface area (Å²) in [6.07, 6.45) is 0.683. The Morgan fingerprint density at radius 2 is 2.00 bits per heavy atom. The number of nitrogens with zero attached hydrogens (tertiary/aromatic N) is 5. The molecule has 1 fully saturated rings. The molecule has 5 rings (SSSR count). The second-order valence-corrected chi connectivity index (χ2v) is 10.4. The zero-order valence-electron chi connectivity index (χ0n) is 22.1. The minimum absolute atomic E-state index is 0.0581. The first kappa shape index (κ1) is 29.2. The van der Waals surface area contributed by atoms with Crippen molar-refractivity contribution in [2.75, 3.05) is 30.4 Å². The van der Waals surface area contributed by atoms with Crippen molar-refractivity contribution in [1.82, 2.24) is 19.1 Å². The normalized spacial score (nSPS) is 16.8. The van der Waals surface area contributed by atoms with Crippen molar-refractivity contribution in [3.05, 3.63) is 62.6 Å².